The maximum atomic E-state index is 12.7. The van der Waals surface area contributed by atoms with E-state index in [1.807, 2.05) is 49.1 Å². The van der Waals surface area contributed by atoms with E-state index in [4.69, 9.17) is 0 Å². The van der Waals surface area contributed by atoms with Crippen molar-refractivity contribution in [2.75, 3.05) is 32.7 Å². The molecule has 1 fully saturated rings. The summed E-state index contributed by atoms with van der Waals surface area (Å²) in [6.45, 7) is 7.14. The Labute approximate surface area is 146 Å². The predicted octanol–water partition coefficient (Wildman–Crippen LogP) is 2.18. The maximum Gasteiger partial charge on any atom is 0.264 e. The summed E-state index contributed by atoms with van der Waals surface area (Å²) in [5, 5.41) is 4.03. The second kappa shape index (κ2) is 7.32. The fourth-order valence-electron chi connectivity index (χ4n) is 2.92. The fourth-order valence-corrected chi connectivity index (χ4v) is 3.95. The number of carbonyl (C=O) groups excluding carboxylic acids is 2. The van der Waals surface area contributed by atoms with E-state index in [-0.39, 0.29) is 17.9 Å². The number of hydrogen-bond acceptors (Lipinski definition) is 4. The van der Waals surface area contributed by atoms with Crippen molar-refractivity contribution in [1.29, 1.82) is 0 Å². The Morgan fingerprint density at radius 3 is 2.54 bits per heavy atom. The molecule has 0 saturated carbocycles. The van der Waals surface area contributed by atoms with E-state index >= 15 is 0 Å². The molecule has 2 heterocycles. The topological polar surface area (TPSA) is 52.7 Å². The monoisotopic (exact) mass is 345 g/mol. The van der Waals surface area contributed by atoms with Gasteiger partial charge in [0, 0.05) is 36.9 Å². The van der Waals surface area contributed by atoms with Crippen molar-refractivity contribution in [3.63, 3.8) is 0 Å². The molecule has 1 aromatic carbocycles. The van der Waals surface area contributed by atoms with Gasteiger partial charge in [-0.25, -0.2) is 0 Å². The molecule has 2 aromatic rings. The summed E-state index contributed by atoms with van der Waals surface area (Å²) in [6.07, 6.45) is 0. The zero-order valence-corrected chi connectivity index (χ0v) is 14.9. The Morgan fingerprint density at radius 1 is 1.17 bits per heavy atom. The molecule has 0 radical (unpaired) electrons. The molecule has 1 aromatic heterocycles. The maximum absolute atomic E-state index is 12.7. The first-order valence-corrected chi connectivity index (χ1v) is 9.14. The van der Waals surface area contributed by atoms with E-state index in [9.17, 15) is 9.59 Å². The number of amides is 2. The third-order valence-electron chi connectivity index (χ3n) is 4.11. The molecule has 6 heteroatoms. The third kappa shape index (κ3) is 3.94. The summed E-state index contributed by atoms with van der Waals surface area (Å²) in [4.78, 5) is 29.3. The van der Waals surface area contributed by atoms with E-state index in [0.29, 0.717) is 19.6 Å². The molecular formula is C18H23N3O2S. The lowest BCUT2D eigenvalue weighted by molar-refractivity contribution is -0.123. The van der Waals surface area contributed by atoms with Gasteiger partial charge in [0.2, 0.25) is 5.91 Å². The van der Waals surface area contributed by atoms with Crippen LogP contribution in [0, 0.1) is 0 Å². The predicted molar refractivity (Wildman–Crippen MR) is 97.4 cm³/mol. The van der Waals surface area contributed by atoms with E-state index < -0.39 is 0 Å². The van der Waals surface area contributed by atoms with Crippen molar-refractivity contribution in [3.8, 4) is 0 Å². The second-order valence-electron chi connectivity index (χ2n) is 6.44. The first-order valence-electron chi connectivity index (χ1n) is 8.32. The van der Waals surface area contributed by atoms with Crippen molar-refractivity contribution in [1.82, 2.24) is 15.1 Å². The van der Waals surface area contributed by atoms with Gasteiger partial charge >= 0.3 is 0 Å². The van der Waals surface area contributed by atoms with Gasteiger partial charge in [0.05, 0.1) is 11.4 Å². The normalized spacial score (nSPS) is 15.9. The zero-order valence-electron chi connectivity index (χ0n) is 14.1. The molecule has 0 unspecified atom stereocenters. The van der Waals surface area contributed by atoms with Crippen LogP contribution in [0.2, 0.25) is 0 Å². The number of piperazine rings is 1. The molecule has 0 spiro atoms. The van der Waals surface area contributed by atoms with Crippen LogP contribution in [0.1, 0.15) is 23.5 Å². The van der Waals surface area contributed by atoms with Gasteiger partial charge in [0.15, 0.2) is 0 Å². The van der Waals surface area contributed by atoms with Crippen LogP contribution < -0.4 is 5.32 Å². The number of carbonyl (C=O) groups is 2. The van der Waals surface area contributed by atoms with Crippen LogP contribution >= 0.6 is 11.3 Å². The molecule has 1 aliphatic rings. The molecule has 1 N–H and O–H groups in total. The van der Waals surface area contributed by atoms with Gasteiger partial charge in [0.1, 0.15) is 0 Å². The average molecular weight is 345 g/mol. The Bertz CT molecular complexity index is 700. The largest absolute Gasteiger partial charge is 0.353 e. The average Bonchev–Trinajstić information content (AvgIpc) is 2.98. The minimum absolute atomic E-state index is 0.0503. The van der Waals surface area contributed by atoms with Gasteiger partial charge in [-0.2, -0.15) is 0 Å². The summed E-state index contributed by atoms with van der Waals surface area (Å²) in [5.74, 6) is 0.150. The second-order valence-corrected chi connectivity index (χ2v) is 7.52. The van der Waals surface area contributed by atoms with Gasteiger partial charge in [-0.3, -0.25) is 14.5 Å². The van der Waals surface area contributed by atoms with Gasteiger partial charge < -0.3 is 10.2 Å². The Morgan fingerprint density at radius 2 is 1.88 bits per heavy atom. The molecule has 24 heavy (non-hydrogen) atoms. The van der Waals surface area contributed by atoms with Crippen molar-refractivity contribution < 1.29 is 9.59 Å². The molecule has 0 bridgehead atoms. The summed E-state index contributed by atoms with van der Waals surface area (Å²) >= 11 is 1.55. The minimum Gasteiger partial charge on any atom is -0.353 e. The molecule has 5 nitrogen and oxygen atoms in total. The molecule has 0 atom stereocenters. The van der Waals surface area contributed by atoms with E-state index in [1.165, 1.54) is 0 Å². The highest BCUT2D eigenvalue weighted by atomic mass is 32.1. The van der Waals surface area contributed by atoms with E-state index in [1.54, 1.807) is 11.3 Å². The lowest BCUT2D eigenvalue weighted by Gasteiger charge is -2.34. The highest BCUT2D eigenvalue weighted by molar-refractivity contribution is 7.20. The molecule has 128 valence electrons. The van der Waals surface area contributed by atoms with Crippen molar-refractivity contribution in [2.45, 2.75) is 19.9 Å². The quantitative estimate of drug-likeness (QED) is 0.924. The summed E-state index contributed by atoms with van der Waals surface area (Å²) in [7, 11) is 0. The molecule has 1 aliphatic heterocycles. The summed E-state index contributed by atoms with van der Waals surface area (Å²) in [6, 6.07) is 10.2. The highest BCUT2D eigenvalue weighted by Crippen LogP contribution is 2.26. The van der Waals surface area contributed by atoms with Crippen LogP contribution in [0.3, 0.4) is 0 Å². The minimum atomic E-state index is 0.0503. The number of benzene rings is 1. The number of nitrogens with one attached hydrogen (secondary N) is 1. The van der Waals surface area contributed by atoms with Crippen molar-refractivity contribution in [3.05, 3.63) is 35.2 Å². The Kier molecular flexibility index (Phi) is 5.16. The fraction of sp³-hybridized carbons (Fsp3) is 0.444. The molecule has 0 aliphatic carbocycles. The van der Waals surface area contributed by atoms with Gasteiger partial charge in [-0.15, -0.1) is 11.3 Å². The van der Waals surface area contributed by atoms with Crippen molar-refractivity contribution >= 4 is 33.2 Å². The van der Waals surface area contributed by atoms with Crippen LogP contribution in [0.25, 0.3) is 10.1 Å². The number of hydrogen-bond donors (Lipinski definition) is 1. The number of thiophene rings is 1. The Hall–Kier alpha value is -1.92. The smallest absolute Gasteiger partial charge is 0.264 e. The lowest BCUT2D eigenvalue weighted by atomic mass is 10.2. The standard InChI is InChI=1S/C18H23N3O2S/c1-13(2)19-17(22)12-20-7-9-21(10-8-20)18(23)16-11-14-5-3-4-6-15(14)24-16/h3-6,11,13H,7-10,12H2,1-2H3,(H,19,22). The van der Waals surface area contributed by atoms with E-state index in [0.717, 1.165) is 28.1 Å². The number of rotatable bonds is 4. The highest BCUT2D eigenvalue weighted by Gasteiger charge is 2.24. The number of nitrogens with zero attached hydrogens (tertiary/aromatic N) is 2. The zero-order chi connectivity index (χ0) is 17.1. The van der Waals surface area contributed by atoms with Gasteiger partial charge in [-0.05, 0) is 31.4 Å². The van der Waals surface area contributed by atoms with Crippen LogP contribution in [0.5, 0.6) is 0 Å². The van der Waals surface area contributed by atoms with Crippen LogP contribution in [-0.2, 0) is 4.79 Å². The number of fused-ring (bicyclic) bond motifs is 1. The van der Waals surface area contributed by atoms with Crippen molar-refractivity contribution in [2.24, 2.45) is 0 Å². The molecule has 1 saturated heterocycles. The van der Waals surface area contributed by atoms with Crippen LogP contribution in [0.15, 0.2) is 30.3 Å². The molecule has 3 rings (SSSR count). The summed E-state index contributed by atoms with van der Waals surface area (Å²) in [5.41, 5.74) is 0. The first kappa shape index (κ1) is 16.9. The lowest BCUT2D eigenvalue weighted by Crippen LogP contribution is -2.51. The van der Waals surface area contributed by atoms with Crippen LogP contribution in [0.4, 0.5) is 0 Å². The molecule has 2 amide bonds. The summed E-state index contributed by atoms with van der Waals surface area (Å²) < 4.78 is 1.14. The van der Waals surface area contributed by atoms with Gasteiger partial charge in [-0.1, -0.05) is 18.2 Å². The Balaban J connectivity index is 1.56. The van der Waals surface area contributed by atoms with Gasteiger partial charge in [0.25, 0.3) is 5.91 Å². The SMILES string of the molecule is CC(C)NC(=O)CN1CCN(C(=O)c2cc3ccccc3s2)CC1. The first-order chi connectivity index (χ1) is 11.5. The van der Waals surface area contributed by atoms with E-state index in [2.05, 4.69) is 10.2 Å². The van der Waals surface area contributed by atoms with Crippen LogP contribution in [-0.4, -0.2) is 60.4 Å². The molecular weight excluding hydrogens is 322 g/mol. The third-order valence-corrected chi connectivity index (χ3v) is 5.22.